The molecule has 100 valence electrons. The van der Waals surface area contributed by atoms with E-state index in [-0.39, 0.29) is 0 Å². The maximum absolute atomic E-state index is 4.38. The number of anilines is 1. The van der Waals surface area contributed by atoms with E-state index in [9.17, 15) is 0 Å². The minimum atomic E-state index is 0.540. The van der Waals surface area contributed by atoms with Crippen LogP contribution in [-0.4, -0.2) is 15.8 Å². The van der Waals surface area contributed by atoms with Gasteiger partial charge in [-0.15, -0.1) is 0 Å². The van der Waals surface area contributed by atoms with E-state index in [0.717, 1.165) is 13.0 Å². The molecule has 0 amide bonds. The summed E-state index contributed by atoms with van der Waals surface area (Å²) in [5.74, 6) is 0.592. The van der Waals surface area contributed by atoms with E-state index in [2.05, 4.69) is 59.3 Å². The van der Waals surface area contributed by atoms with Crippen LogP contribution in [0.25, 0.3) is 0 Å². The fourth-order valence-corrected chi connectivity index (χ4v) is 3.13. The Morgan fingerprint density at radius 2 is 2.16 bits per heavy atom. The summed E-state index contributed by atoms with van der Waals surface area (Å²) in [4.78, 5) is 0. The SMILES string of the molecule is CCn1nccc1CC1CC(C)Nc2ccccc21. The van der Waals surface area contributed by atoms with Crippen LogP contribution in [0.1, 0.15) is 37.4 Å². The Labute approximate surface area is 114 Å². The average molecular weight is 255 g/mol. The molecule has 2 unspecified atom stereocenters. The van der Waals surface area contributed by atoms with Crippen molar-refractivity contribution < 1.29 is 0 Å². The van der Waals surface area contributed by atoms with Gasteiger partial charge in [-0.3, -0.25) is 4.68 Å². The van der Waals surface area contributed by atoms with Crippen LogP contribution in [0.3, 0.4) is 0 Å². The maximum atomic E-state index is 4.38. The number of benzene rings is 1. The summed E-state index contributed by atoms with van der Waals surface area (Å²) in [6.07, 6.45) is 4.18. The molecule has 0 saturated heterocycles. The van der Waals surface area contributed by atoms with Crippen molar-refractivity contribution in [3.05, 3.63) is 47.8 Å². The second-order valence-corrected chi connectivity index (χ2v) is 5.41. The van der Waals surface area contributed by atoms with Crippen molar-refractivity contribution >= 4 is 5.69 Å². The van der Waals surface area contributed by atoms with Gasteiger partial charge in [-0.25, -0.2) is 0 Å². The van der Waals surface area contributed by atoms with Gasteiger partial charge in [-0.1, -0.05) is 18.2 Å². The Kier molecular flexibility index (Phi) is 3.28. The maximum Gasteiger partial charge on any atom is 0.0492 e. The number of nitrogens with one attached hydrogen (secondary N) is 1. The zero-order valence-electron chi connectivity index (χ0n) is 11.6. The first kappa shape index (κ1) is 12.3. The molecule has 1 aliphatic heterocycles. The molecule has 0 radical (unpaired) electrons. The molecule has 2 heterocycles. The third-order valence-electron chi connectivity index (χ3n) is 4.00. The number of nitrogens with zero attached hydrogens (tertiary/aromatic N) is 2. The topological polar surface area (TPSA) is 29.9 Å². The van der Waals surface area contributed by atoms with Crippen molar-refractivity contribution in [1.82, 2.24) is 9.78 Å². The van der Waals surface area contributed by atoms with Crippen molar-refractivity contribution in [1.29, 1.82) is 0 Å². The quantitative estimate of drug-likeness (QED) is 0.910. The number of fused-ring (bicyclic) bond motifs is 1. The summed E-state index contributed by atoms with van der Waals surface area (Å²) in [6.45, 7) is 5.36. The van der Waals surface area contributed by atoms with Crippen molar-refractivity contribution in [2.75, 3.05) is 5.32 Å². The van der Waals surface area contributed by atoms with E-state index in [4.69, 9.17) is 0 Å². The van der Waals surface area contributed by atoms with Gasteiger partial charge in [0.1, 0.15) is 0 Å². The molecule has 0 fully saturated rings. The first-order valence-corrected chi connectivity index (χ1v) is 7.14. The highest BCUT2D eigenvalue weighted by Gasteiger charge is 2.24. The van der Waals surface area contributed by atoms with E-state index in [1.165, 1.54) is 23.4 Å². The second kappa shape index (κ2) is 5.08. The van der Waals surface area contributed by atoms with Crippen LogP contribution in [0, 0.1) is 0 Å². The van der Waals surface area contributed by atoms with E-state index >= 15 is 0 Å². The van der Waals surface area contributed by atoms with Crippen LogP contribution >= 0.6 is 0 Å². The molecular weight excluding hydrogens is 234 g/mol. The van der Waals surface area contributed by atoms with Crippen LogP contribution < -0.4 is 5.32 Å². The van der Waals surface area contributed by atoms with E-state index in [0.29, 0.717) is 12.0 Å². The smallest absolute Gasteiger partial charge is 0.0492 e. The molecule has 1 N–H and O–H groups in total. The minimum Gasteiger partial charge on any atom is -0.382 e. The molecule has 0 aliphatic carbocycles. The monoisotopic (exact) mass is 255 g/mol. The molecule has 2 aromatic rings. The molecule has 0 bridgehead atoms. The van der Waals surface area contributed by atoms with E-state index < -0.39 is 0 Å². The Morgan fingerprint density at radius 1 is 1.32 bits per heavy atom. The molecule has 1 aliphatic rings. The summed E-state index contributed by atoms with van der Waals surface area (Å²) >= 11 is 0. The Hall–Kier alpha value is -1.77. The number of para-hydroxylation sites is 1. The molecule has 3 heteroatoms. The highest BCUT2D eigenvalue weighted by molar-refractivity contribution is 5.55. The molecule has 19 heavy (non-hydrogen) atoms. The van der Waals surface area contributed by atoms with Gasteiger partial charge >= 0.3 is 0 Å². The van der Waals surface area contributed by atoms with Gasteiger partial charge in [0.2, 0.25) is 0 Å². The lowest BCUT2D eigenvalue weighted by Gasteiger charge is -2.31. The molecular formula is C16H21N3. The summed E-state index contributed by atoms with van der Waals surface area (Å²) in [6, 6.07) is 11.4. The summed E-state index contributed by atoms with van der Waals surface area (Å²) in [7, 11) is 0. The zero-order chi connectivity index (χ0) is 13.2. The summed E-state index contributed by atoms with van der Waals surface area (Å²) in [5.41, 5.74) is 4.09. The summed E-state index contributed by atoms with van der Waals surface area (Å²) < 4.78 is 2.11. The molecule has 3 nitrogen and oxygen atoms in total. The standard InChI is InChI=1S/C16H21N3/c1-3-19-14(8-9-17-19)11-13-10-12(2)18-16-7-5-4-6-15(13)16/h4-9,12-13,18H,3,10-11H2,1-2H3. The van der Waals surface area contributed by atoms with Gasteiger partial charge in [0.15, 0.2) is 0 Å². The number of aryl methyl sites for hydroxylation is 1. The molecule has 0 spiro atoms. The number of aromatic nitrogens is 2. The molecule has 2 atom stereocenters. The predicted molar refractivity (Wildman–Crippen MR) is 78.5 cm³/mol. The fraction of sp³-hybridized carbons (Fsp3) is 0.438. The van der Waals surface area contributed by atoms with Crippen molar-refractivity contribution in [2.24, 2.45) is 0 Å². The van der Waals surface area contributed by atoms with Gasteiger partial charge in [-0.05, 0) is 50.3 Å². The van der Waals surface area contributed by atoms with Crippen molar-refractivity contribution in [3.63, 3.8) is 0 Å². The van der Waals surface area contributed by atoms with E-state index in [1.54, 1.807) is 0 Å². The highest BCUT2D eigenvalue weighted by atomic mass is 15.3. The lowest BCUT2D eigenvalue weighted by atomic mass is 9.84. The van der Waals surface area contributed by atoms with Crippen LogP contribution in [0.5, 0.6) is 0 Å². The number of rotatable bonds is 3. The Balaban J connectivity index is 1.89. The van der Waals surface area contributed by atoms with Gasteiger partial charge in [0.25, 0.3) is 0 Å². The van der Waals surface area contributed by atoms with Crippen molar-refractivity contribution in [2.45, 2.75) is 45.2 Å². The van der Waals surface area contributed by atoms with Crippen molar-refractivity contribution in [3.8, 4) is 0 Å². The lowest BCUT2D eigenvalue weighted by Crippen LogP contribution is -2.26. The Morgan fingerprint density at radius 3 is 3.00 bits per heavy atom. The normalized spacial score (nSPS) is 21.8. The molecule has 1 aromatic carbocycles. The average Bonchev–Trinajstić information content (AvgIpc) is 2.86. The van der Waals surface area contributed by atoms with Crippen LogP contribution in [0.2, 0.25) is 0 Å². The molecule has 1 aromatic heterocycles. The van der Waals surface area contributed by atoms with E-state index in [1.807, 2.05) is 6.20 Å². The molecule has 0 saturated carbocycles. The predicted octanol–water partition coefficient (Wildman–Crippen LogP) is 3.43. The van der Waals surface area contributed by atoms with Gasteiger partial charge in [0.05, 0.1) is 0 Å². The molecule has 3 rings (SSSR count). The minimum absolute atomic E-state index is 0.540. The zero-order valence-corrected chi connectivity index (χ0v) is 11.6. The number of hydrogen-bond donors (Lipinski definition) is 1. The first-order valence-electron chi connectivity index (χ1n) is 7.14. The lowest BCUT2D eigenvalue weighted by molar-refractivity contribution is 0.522. The largest absolute Gasteiger partial charge is 0.382 e. The van der Waals surface area contributed by atoms with Gasteiger partial charge in [0, 0.05) is 30.2 Å². The van der Waals surface area contributed by atoms with Gasteiger partial charge in [-0.2, -0.15) is 5.10 Å². The Bertz CT molecular complexity index is 559. The highest BCUT2D eigenvalue weighted by Crippen LogP contribution is 2.36. The number of hydrogen-bond acceptors (Lipinski definition) is 2. The summed E-state index contributed by atoms with van der Waals surface area (Å²) in [5, 5.41) is 7.95. The fourth-order valence-electron chi connectivity index (χ4n) is 3.13. The van der Waals surface area contributed by atoms with Crippen LogP contribution in [0.4, 0.5) is 5.69 Å². The van der Waals surface area contributed by atoms with Gasteiger partial charge < -0.3 is 5.32 Å². The van der Waals surface area contributed by atoms with Crippen LogP contribution in [0.15, 0.2) is 36.5 Å². The van der Waals surface area contributed by atoms with Crippen LogP contribution in [-0.2, 0) is 13.0 Å². The third kappa shape index (κ3) is 2.37. The second-order valence-electron chi connectivity index (χ2n) is 5.41. The first-order chi connectivity index (χ1) is 9.28. The third-order valence-corrected chi connectivity index (χ3v) is 4.00.